The Kier molecular flexibility index (Phi) is 3.88. The van der Waals surface area contributed by atoms with Crippen molar-refractivity contribution in [1.82, 2.24) is 4.57 Å². The summed E-state index contributed by atoms with van der Waals surface area (Å²) >= 11 is 3.11. The van der Waals surface area contributed by atoms with Crippen molar-refractivity contribution in [3.63, 3.8) is 0 Å². The topological polar surface area (TPSA) is 65.1 Å². The molecule has 0 radical (unpaired) electrons. The molecule has 0 amide bonds. The zero-order chi connectivity index (χ0) is 10.7. The van der Waals surface area contributed by atoms with Gasteiger partial charge in [-0.15, -0.1) is 0 Å². The lowest BCUT2D eigenvalue weighted by atomic mass is 10.4. The van der Waals surface area contributed by atoms with Gasteiger partial charge in [-0.2, -0.15) is 0 Å². The van der Waals surface area contributed by atoms with Gasteiger partial charge in [0.15, 0.2) is 0 Å². The number of aryl methyl sites for hydroxylation is 1. The first-order chi connectivity index (χ1) is 6.50. The molecule has 1 atom stereocenters. The molecule has 2 N–H and O–H groups in total. The van der Waals surface area contributed by atoms with Crippen LogP contribution in [0.1, 0.15) is 0 Å². The fraction of sp³-hybridized carbons (Fsp3) is 0.375. The molecule has 1 rings (SSSR count). The minimum Gasteiger partial charge on any atom is -0.398 e. The predicted octanol–water partition coefficient (Wildman–Crippen LogP) is 0.571. The van der Waals surface area contributed by atoms with Crippen molar-refractivity contribution in [3.8, 4) is 0 Å². The quantitative estimate of drug-likeness (QED) is 0.879. The number of hydrogen-bond donors (Lipinski definition) is 1. The average Bonchev–Trinajstić information content (AvgIpc) is 2.08. The van der Waals surface area contributed by atoms with Crippen LogP contribution in [0.2, 0.25) is 0 Å². The minimum absolute atomic E-state index is 0.148. The van der Waals surface area contributed by atoms with Gasteiger partial charge < -0.3 is 10.3 Å². The molecule has 0 aliphatic heterocycles. The van der Waals surface area contributed by atoms with E-state index in [0.717, 1.165) is 0 Å². The van der Waals surface area contributed by atoms with Gasteiger partial charge >= 0.3 is 0 Å². The van der Waals surface area contributed by atoms with Crippen LogP contribution in [0.5, 0.6) is 0 Å². The smallest absolute Gasteiger partial charge is 0.265 e. The monoisotopic (exact) mass is 278 g/mol. The molecule has 1 aromatic rings. The predicted molar refractivity (Wildman–Crippen MR) is 61.7 cm³/mol. The van der Waals surface area contributed by atoms with Crippen LogP contribution in [0, 0.1) is 0 Å². The van der Waals surface area contributed by atoms with Gasteiger partial charge in [0, 0.05) is 41.2 Å². The maximum Gasteiger partial charge on any atom is 0.265 e. The Bertz CT molecular complexity index is 416. The summed E-state index contributed by atoms with van der Waals surface area (Å²) in [4.78, 5) is 11.5. The minimum atomic E-state index is -0.903. The van der Waals surface area contributed by atoms with E-state index >= 15 is 0 Å². The molecule has 14 heavy (non-hydrogen) atoms. The first-order valence-corrected chi connectivity index (χ1v) is 6.48. The van der Waals surface area contributed by atoms with Crippen LogP contribution < -0.4 is 11.3 Å². The van der Waals surface area contributed by atoms with E-state index in [0.29, 0.717) is 22.5 Å². The van der Waals surface area contributed by atoms with Gasteiger partial charge in [-0.3, -0.25) is 9.00 Å². The molecule has 0 saturated heterocycles. The lowest BCUT2D eigenvalue weighted by Gasteiger charge is -2.05. The molecular formula is C8H11BrN2O2S. The van der Waals surface area contributed by atoms with Crippen LogP contribution in [0.15, 0.2) is 21.5 Å². The van der Waals surface area contributed by atoms with E-state index in [1.807, 2.05) is 0 Å². The molecule has 1 aromatic heterocycles. The molecule has 6 heteroatoms. The Labute approximate surface area is 92.7 Å². The largest absolute Gasteiger partial charge is 0.398 e. The van der Waals surface area contributed by atoms with E-state index in [-0.39, 0.29) is 5.56 Å². The lowest BCUT2D eigenvalue weighted by molar-refractivity contribution is 0.672. The Morgan fingerprint density at radius 2 is 2.29 bits per heavy atom. The standard InChI is InChI=1S/C8H11BrN2O2S/c1-14(13)3-2-11-5-6(10)4-7(9)8(11)12/h4-5H,2-3,10H2,1H3. The third-order valence-electron chi connectivity index (χ3n) is 1.68. The molecule has 4 nitrogen and oxygen atoms in total. The second kappa shape index (κ2) is 4.75. The summed E-state index contributed by atoms with van der Waals surface area (Å²) in [6.07, 6.45) is 3.16. The molecule has 78 valence electrons. The van der Waals surface area contributed by atoms with Crippen LogP contribution >= 0.6 is 15.9 Å². The van der Waals surface area contributed by atoms with Gasteiger partial charge in [-0.25, -0.2) is 0 Å². The number of pyridine rings is 1. The molecule has 0 aliphatic carbocycles. The van der Waals surface area contributed by atoms with Crippen molar-refractivity contribution in [2.45, 2.75) is 6.54 Å². The van der Waals surface area contributed by atoms with Crippen LogP contribution in [-0.4, -0.2) is 20.8 Å². The fourth-order valence-electron chi connectivity index (χ4n) is 1.01. The third kappa shape index (κ3) is 2.95. The van der Waals surface area contributed by atoms with E-state index < -0.39 is 10.8 Å². The zero-order valence-corrected chi connectivity index (χ0v) is 10.1. The number of aromatic nitrogens is 1. The summed E-state index contributed by atoms with van der Waals surface area (Å²) in [5, 5.41) is 0. The van der Waals surface area contributed by atoms with Crippen LogP contribution in [-0.2, 0) is 17.3 Å². The number of nitrogens with two attached hydrogens (primary N) is 1. The molecule has 0 saturated carbocycles. The number of hydrogen-bond acceptors (Lipinski definition) is 3. The summed E-state index contributed by atoms with van der Waals surface area (Å²) in [5.74, 6) is 0.454. The zero-order valence-electron chi connectivity index (χ0n) is 7.70. The number of nitrogen functional groups attached to an aromatic ring is 1. The Balaban J connectivity index is 2.97. The van der Waals surface area contributed by atoms with Gasteiger partial charge in [0.05, 0.1) is 4.47 Å². The number of rotatable bonds is 3. The second-order valence-electron chi connectivity index (χ2n) is 2.90. The van der Waals surface area contributed by atoms with Gasteiger partial charge in [0.1, 0.15) is 0 Å². The van der Waals surface area contributed by atoms with E-state index in [1.165, 1.54) is 4.57 Å². The molecular weight excluding hydrogens is 268 g/mol. The SMILES string of the molecule is CS(=O)CCn1cc(N)cc(Br)c1=O. The van der Waals surface area contributed by atoms with E-state index in [4.69, 9.17) is 5.73 Å². The highest BCUT2D eigenvalue weighted by atomic mass is 79.9. The van der Waals surface area contributed by atoms with Crippen molar-refractivity contribution in [1.29, 1.82) is 0 Å². The summed E-state index contributed by atoms with van der Waals surface area (Å²) in [7, 11) is -0.903. The van der Waals surface area contributed by atoms with E-state index in [2.05, 4.69) is 15.9 Å². The van der Waals surface area contributed by atoms with Gasteiger partial charge in [0.25, 0.3) is 5.56 Å². The lowest BCUT2D eigenvalue weighted by Crippen LogP contribution is -2.23. The van der Waals surface area contributed by atoms with Crippen LogP contribution in [0.25, 0.3) is 0 Å². The summed E-state index contributed by atoms with van der Waals surface area (Å²) in [6.45, 7) is 0.422. The number of halogens is 1. The number of nitrogens with zero attached hydrogens (tertiary/aromatic N) is 1. The van der Waals surface area contributed by atoms with Crippen molar-refractivity contribution in [3.05, 3.63) is 27.1 Å². The van der Waals surface area contributed by atoms with Crippen molar-refractivity contribution < 1.29 is 4.21 Å². The maximum absolute atomic E-state index is 11.5. The highest BCUT2D eigenvalue weighted by Crippen LogP contribution is 2.07. The first-order valence-electron chi connectivity index (χ1n) is 3.96. The third-order valence-corrected chi connectivity index (χ3v) is 3.01. The van der Waals surface area contributed by atoms with Crippen molar-refractivity contribution in [2.75, 3.05) is 17.7 Å². The summed E-state index contributed by atoms with van der Waals surface area (Å²) < 4.78 is 12.7. The fourth-order valence-corrected chi connectivity index (χ4v) is 1.96. The van der Waals surface area contributed by atoms with Crippen molar-refractivity contribution >= 4 is 32.4 Å². The normalized spacial score (nSPS) is 12.7. The first kappa shape index (κ1) is 11.5. The van der Waals surface area contributed by atoms with E-state index in [1.54, 1.807) is 18.5 Å². The molecule has 1 unspecified atom stereocenters. The summed E-state index contributed by atoms with van der Waals surface area (Å²) in [5.41, 5.74) is 5.93. The van der Waals surface area contributed by atoms with E-state index in [9.17, 15) is 9.00 Å². The molecule has 0 aliphatic rings. The summed E-state index contributed by atoms with van der Waals surface area (Å²) in [6, 6.07) is 1.56. The Hall–Kier alpha value is -0.620. The molecule has 0 bridgehead atoms. The highest BCUT2D eigenvalue weighted by molar-refractivity contribution is 9.10. The van der Waals surface area contributed by atoms with Crippen LogP contribution in [0.3, 0.4) is 0 Å². The highest BCUT2D eigenvalue weighted by Gasteiger charge is 2.02. The van der Waals surface area contributed by atoms with Crippen molar-refractivity contribution in [2.24, 2.45) is 0 Å². The van der Waals surface area contributed by atoms with Gasteiger partial charge in [0.2, 0.25) is 0 Å². The molecule has 0 aromatic carbocycles. The van der Waals surface area contributed by atoms with Gasteiger partial charge in [-0.1, -0.05) is 0 Å². The Morgan fingerprint density at radius 3 is 2.86 bits per heavy atom. The Morgan fingerprint density at radius 1 is 1.64 bits per heavy atom. The molecule has 0 fully saturated rings. The van der Waals surface area contributed by atoms with Gasteiger partial charge in [-0.05, 0) is 22.0 Å². The molecule has 1 heterocycles. The average molecular weight is 279 g/mol. The molecule has 0 spiro atoms. The second-order valence-corrected chi connectivity index (χ2v) is 5.31. The van der Waals surface area contributed by atoms with Crippen LogP contribution in [0.4, 0.5) is 5.69 Å². The number of anilines is 1. The maximum atomic E-state index is 11.5.